The van der Waals surface area contributed by atoms with Crippen molar-refractivity contribution in [1.29, 1.82) is 0 Å². The normalized spacial score (nSPS) is 10.9. The fourth-order valence-corrected chi connectivity index (χ4v) is 1.42. The number of carbonyl (C=O) groups is 1. The second kappa shape index (κ2) is 6.86. The number of amides is 1. The number of allylic oxidation sites excluding steroid dienone is 1. The molecule has 0 fully saturated rings. The van der Waals surface area contributed by atoms with E-state index in [1.165, 1.54) is 12.4 Å². The molecule has 0 atom stereocenters. The van der Waals surface area contributed by atoms with Crippen LogP contribution < -0.4 is 5.43 Å². The number of hydrogen-bond acceptors (Lipinski definition) is 3. The maximum Gasteiger partial charge on any atom is 0.272 e. The molecule has 0 radical (unpaired) electrons. The molecule has 0 aliphatic carbocycles. The number of pyridine rings is 1. The molecule has 94 valence electrons. The highest BCUT2D eigenvalue weighted by Gasteiger charge is 2.01. The van der Waals surface area contributed by atoms with Gasteiger partial charge in [-0.3, -0.25) is 9.78 Å². The third-order valence-electron chi connectivity index (χ3n) is 2.34. The number of carbonyl (C=O) groups excluding carboxylic acids is 1. The Morgan fingerprint density at radius 1 is 1.16 bits per heavy atom. The zero-order chi connectivity index (χ0) is 13.3. The first-order chi connectivity index (χ1) is 9.36. The molecule has 0 spiro atoms. The first-order valence-electron chi connectivity index (χ1n) is 5.81. The molecule has 0 aliphatic heterocycles. The molecule has 4 nitrogen and oxygen atoms in total. The largest absolute Gasteiger partial charge is 0.272 e. The lowest BCUT2D eigenvalue weighted by Gasteiger charge is -1.96. The maximum absolute atomic E-state index is 11.6. The first kappa shape index (κ1) is 12.7. The predicted octanol–water partition coefficient (Wildman–Crippen LogP) is 2.51. The molecule has 4 heteroatoms. The Bertz CT molecular complexity index is 577. The van der Waals surface area contributed by atoms with Crippen LogP contribution in [-0.2, 0) is 0 Å². The van der Waals surface area contributed by atoms with E-state index >= 15 is 0 Å². The summed E-state index contributed by atoms with van der Waals surface area (Å²) < 4.78 is 0. The molecular weight excluding hydrogens is 238 g/mol. The van der Waals surface area contributed by atoms with Crippen LogP contribution in [0.15, 0.2) is 66.0 Å². The molecule has 0 unspecified atom stereocenters. The standard InChI is InChI=1S/C15H13N3O/c19-15(14-9-5-10-16-12-14)18-17-11-4-8-13-6-2-1-3-7-13/h1-12H,(H,18,19)/b8-4-,17-11-. The van der Waals surface area contributed by atoms with Gasteiger partial charge in [0.05, 0.1) is 5.56 Å². The maximum atomic E-state index is 11.6. The monoisotopic (exact) mass is 251 g/mol. The molecule has 0 bridgehead atoms. The van der Waals surface area contributed by atoms with Crippen LogP contribution in [0.1, 0.15) is 15.9 Å². The van der Waals surface area contributed by atoms with Crippen LogP contribution in [0, 0.1) is 0 Å². The lowest BCUT2D eigenvalue weighted by Crippen LogP contribution is -2.17. The Morgan fingerprint density at radius 3 is 2.74 bits per heavy atom. The van der Waals surface area contributed by atoms with Crippen molar-refractivity contribution < 1.29 is 4.79 Å². The van der Waals surface area contributed by atoms with Crippen LogP contribution >= 0.6 is 0 Å². The summed E-state index contributed by atoms with van der Waals surface area (Å²) in [4.78, 5) is 15.5. The lowest BCUT2D eigenvalue weighted by molar-refractivity contribution is 0.0955. The second-order valence-corrected chi connectivity index (χ2v) is 3.73. The van der Waals surface area contributed by atoms with E-state index in [-0.39, 0.29) is 5.91 Å². The minimum atomic E-state index is -0.280. The number of rotatable bonds is 4. The zero-order valence-electron chi connectivity index (χ0n) is 10.2. The molecule has 0 saturated heterocycles. The summed E-state index contributed by atoms with van der Waals surface area (Å²) in [7, 11) is 0. The Labute approximate surface area is 111 Å². The van der Waals surface area contributed by atoms with Gasteiger partial charge in [0.1, 0.15) is 0 Å². The van der Waals surface area contributed by atoms with Gasteiger partial charge in [-0.1, -0.05) is 36.4 Å². The zero-order valence-corrected chi connectivity index (χ0v) is 10.2. The first-order valence-corrected chi connectivity index (χ1v) is 5.81. The summed E-state index contributed by atoms with van der Waals surface area (Å²) in [5, 5.41) is 3.82. The van der Waals surface area contributed by atoms with Crippen LogP contribution in [0.4, 0.5) is 0 Å². The van der Waals surface area contributed by atoms with Gasteiger partial charge in [0.15, 0.2) is 0 Å². The molecule has 1 aromatic carbocycles. The van der Waals surface area contributed by atoms with Crippen molar-refractivity contribution in [2.75, 3.05) is 0 Å². The summed E-state index contributed by atoms with van der Waals surface area (Å²) in [6.07, 6.45) is 8.30. The van der Waals surface area contributed by atoms with Gasteiger partial charge in [-0.05, 0) is 23.8 Å². The van der Waals surface area contributed by atoms with Crippen LogP contribution in [0.25, 0.3) is 6.08 Å². The topological polar surface area (TPSA) is 54.4 Å². The average molecular weight is 251 g/mol. The summed E-state index contributed by atoms with van der Waals surface area (Å²) in [6.45, 7) is 0. The van der Waals surface area contributed by atoms with Gasteiger partial charge in [0.2, 0.25) is 0 Å². The van der Waals surface area contributed by atoms with E-state index in [0.717, 1.165) is 5.56 Å². The van der Waals surface area contributed by atoms with E-state index in [9.17, 15) is 4.79 Å². The number of benzene rings is 1. The van der Waals surface area contributed by atoms with Crippen molar-refractivity contribution in [3.63, 3.8) is 0 Å². The highest BCUT2D eigenvalue weighted by atomic mass is 16.2. The van der Waals surface area contributed by atoms with Crippen molar-refractivity contribution in [2.45, 2.75) is 0 Å². The Balaban J connectivity index is 1.84. The van der Waals surface area contributed by atoms with Crippen LogP contribution in [0.3, 0.4) is 0 Å². The van der Waals surface area contributed by atoms with Gasteiger partial charge in [-0.25, -0.2) is 5.43 Å². The fraction of sp³-hybridized carbons (Fsp3) is 0. The van der Waals surface area contributed by atoms with Crippen molar-refractivity contribution in [2.24, 2.45) is 5.10 Å². The van der Waals surface area contributed by atoms with Gasteiger partial charge < -0.3 is 0 Å². The number of hydrogen-bond donors (Lipinski definition) is 1. The molecule has 1 aromatic heterocycles. The van der Waals surface area contributed by atoms with Gasteiger partial charge in [0.25, 0.3) is 5.91 Å². The Morgan fingerprint density at radius 2 is 2.00 bits per heavy atom. The quantitative estimate of drug-likeness (QED) is 0.670. The van der Waals surface area contributed by atoms with E-state index in [1.807, 2.05) is 36.4 Å². The van der Waals surface area contributed by atoms with E-state index in [2.05, 4.69) is 15.5 Å². The van der Waals surface area contributed by atoms with Gasteiger partial charge in [0, 0.05) is 18.6 Å². The van der Waals surface area contributed by atoms with Crippen molar-refractivity contribution >= 4 is 18.2 Å². The molecular formula is C15H13N3O. The van der Waals surface area contributed by atoms with Gasteiger partial charge >= 0.3 is 0 Å². The summed E-state index contributed by atoms with van der Waals surface area (Å²) in [5.74, 6) is -0.280. The predicted molar refractivity (Wildman–Crippen MR) is 75.7 cm³/mol. The van der Waals surface area contributed by atoms with Crippen LogP contribution in [0.5, 0.6) is 0 Å². The number of nitrogens with one attached hydrogen (secondary N) is 1. The fourth-order valence-electron chi connectivity index (χ4n) is 1.42. The smallest absolute Gasteiger partial charge is 0.267 e. The number of nitrogens with zero attached hydrogens (tertiary/aromatic N) is 2. The van der Waals surface area contributed by atoms with Crippen molar-refractivity contribution in [3.05, 3.63) is 72.1 Å². The highest BCUT2D eigenvalue weighted by molar-refractivity contribution is 5.94. The highest BCUT2D eigenvalue weighted by Crippen LogP contribution is 1.99. The number of hydrazone groups is 1. The van der Waals surface area contributed by atoms with E-state index in [1.54, 1.807) is 24.4 Å². The number of aromatic nitrogens is 1. The second-order valence-electron chi connectivity index (χ2n) is 3.73. The van der Waals surface area contributed by atoms with Crippen molar-refractivity contribution in [3.8, 4) is 0 Å². The third-order valence-corrected chi connectivity index (χ3v) is 2.34. The third kappa shape index (κ3) is 4.20. The molecule has 2 aromatic rings. The van der Waals surface area contributed by atoms with E-state index < -0.39 is 0 Å². The van der Waals surface area contributed by atoms with Crippen LogP contribution in [-0.4, -0.2) is 17.1 Å². The van der Waals surface area contributed by atoms with Gasteiger partial charge in [-0.15, -0.1) is 0 Å². The molecule has 0 aliphatic rings. The minimum Gasteiger partial charge on any atom is -0.267 e. The Kier molecular flexibility index (Phi) is 4.58. The van der Waals surface area contributed by atoms with Gasteiger partial charge in [-0.2, -0.15) is 5.10 Å². The molecule has 1 amide bonds. The summed E-state index contributed by atoms with van der Waals surface area (Å²) in [5.41, 5.74) is 3.98. The summed E-state index contributed by atoms with van der Waals surface area (Å²) >= 11 is 0. The molecule has 1 heterocycles. The van der Waals surface area contributed by atoms with E-state index in [0.29, 0.717) is 5.56 Å². The Hall–Kier alpha value is -2.75. The average Bonchev–Trinajstić information content (AvgIpc) is 2.49. The summed E-state index contributed by atoms with van der Waals surface area (Å²) in [6, 6.07) is 13.2. The molecule has 2 rings (SSSR count). The van der Waals surface area contributed by atoms with Crippen LogP contribution in [0.2, 0.25) is 0 Å². The molecule has 0 saturated carbocycles. The van der Waals surface area contributed by atoms with Crippen molar-refractivity contribution in [1.82, 2.24) is 10.4 Å². The van der Waals surface area contributed by atoms with E-state index in [4.69, 9.17) is 0 Å². The molecule has 19 heavy (non-hydrogen) atoms. The molecule has 1 N–H and O–H groups in total. The SMILES string of the molecule is O=C(N/N=C\C=C/c1ccccc1)c1cccnc1. The minimum absolute atomic E-state index is 0.280. The lowest BCUT2D eigenvalue weighted by atomic mass is 10.2.